The zero-order valence-corrected chi connectivity index (χ0v) is 25.1. The van der Waals surface area contributed by atoms with Crippen LogP contribution in [-0.2, 0) is 11.2 Å². The Labute approximate surface area is 252 Å². The van der Waals surface area contributed by atoms with Gasteiger partial charge in [-0.1, -0.05) is 12.8 Å². The third-order valence-corrected chi connectivity index (χ3v) is 11.0. The summed E-state index contributed by atoms with van der Waals surface area (Å²) in [6.45, 7) is 2.84. The number of carbonyl (C=O) groups excluding carboxylic acids is 1. The number of morpholine rings is 1. The highest BCUT2D eigenvalue weighted by Crippen LogP contribution is 2.40. The fraction of sp³-hybridized carbons (Fsp3) is 0.407. The van der Waals surface area contributed by atoms with Gasteiger partial charge in [-0.25, -0.2) is 9.97 Å². The number of hydrogen-bond acceptors (Lipinski definition) is 13. The number of aromatic nitrogens is 5. The first-order chi connectivity index (χ1) is 20.5. The first-order valence-corrected chi connectivity index (χ1v) is 16.3. The summed E-state index contributed by atoms with van der Waals surface area (Å²) in [5.41, 5.74) is 15.0. The maximum atomic E-state index is 13.0. The minimum absolute atomic E-state index is 0.000569. The standard InChI is InChI=1S/C27H29N9O3S3/c28-16-3-1-2-4-17(16)32-27-33-18(22(25(29)38)26-30-13-31-36(26)27)9-14-10-20(42-34-14)15-12-40-24-19(37)11-21(41-23(15)24)35-5-7-39-8-6-35/h10-13,16-17H,1-9,28H2,(H2,29,38)(H,32,33)/t16-,17+/m1/s1. The zero-order chi connectivity index (χ0) is 28.8. The molecule has 6 heterocycles. The van der Waals surface area contributed by atoms with Crippen molar-refractivity contribution in [1.29, 1.82) is 0 Å². The molecule has 0 bridgehead atoms. The molecule has 0 radical (unpaired) electrons. The van der Waals surface area contributed by atoms with Gasteiger partial charge in [0.1, 0.15) is 11.9 Å². The fourth-order valence-electron chi connectivity index (χ4n) is 5.64. The van der Waals surface area contributed by atoms with Gasteiger partial charge in [0, 0.05) is 48.6 Å². The van der Waals surface area contributed by atoms with E-state index in [1.54, 1.807) is 17.4 Å². The first-order valence-electron chi connectivity index (χ1n) is 13.8. The van der Waals surface area contributed by atoms with E-state index in [0.717, 1.165) is 69.3 Å². The largest absolute Gasteiger partial charge is 0.378 e. The van der Waals surface area contributed by atoms with Gasteiger partial charge in [-0.05, 0) is 30.4 Å². The second kappa shape index (κ2) is 11.3. The van der Waals surface area contributed by atoms with Crippen LogP contribution in [0.15, 0.2) is 28.6 Å². The van der Waals surface area contributed by atoms with Crippen molar-refractivity contribution in [3.8, 4) is 10.4 Å². The van der Waals surface area contributed by atoms with E-state index in [0.29, 0.717) is 30.5 Å². The summed E-state index contributed by atoms with van der Waals surface area (Å²) in [5, 5.41) is 10.7. The minimum Gasteiger partial charge on any atom is -0.378 e. The van der Waals surface area contributed by atoms with Crippen LogP contribution < -0.4 is 27.1 Å². The van der Waals surface area contributed by atoms with Crippen molar-refractivity contribution < 1.29 is 9.53 Å². The van der Waals surface area contributed by atoms with E-state index < -0.39 is 5.91 Å². The molecule has 1 aliphatic heterocycles. The number of primary amides is 1. The molecule has 2 fully saturated rings. The molecule has 2 atom stereocenters. The van der Waals surface area contributed by atoms with Crippen molar-refractivity contribution in [2.75, 3.05) is 36.5 Å². The van der Waals surface area contributed by atoms with Gasteiger partial charge in [0.15, 0.2) is 11.1 Å². The van der Waals surface area contributed by atoms with Crippen molar-refractivity contribution in [3.63, 3.8) is 0 Å². The van der Waals surface area contributed by atoms with Crippen molar-refractivity contribution in [2.24, 2.45) is 11.5 Å². The molecular weight excluding hydrogens is 595 g/mol. The topological polar surface area (TPSA) is 167 Å². The highest BCUT2D eigenvalue weighted by atomic mass is 32.1. The predicted molar refractivity (Wildman–Crippen MR) is 166 cm³/mol. The molecule has 12 nitrogen and oxygen atoms in total. The molecule has 2 aliphatic rings. The Morgan fingerprint density at radius 3 is 2.81 bits per heavy atom. The van der Waals surface area contributed by atoms with Crippen LogP contribution in [0.4, 0.5) is 10.9 Å². The Morgan fingerprint density at radius 1 is 1.17 bits per heavy atom. The lowest BCUT2D eigenvalue weighted by molar-refractivity contribution is 0.1000. The summed E-state index contributed by atoms with van der Waals surface area (Å²) in [4.78, 5) is 37.9. The lowest BCUT2D eigenvalue weighted by Crippen LogP contribution is -2.43. The summed E-state index contributed by atoms with van der Waals surface area (Å²) >= 11 is 4.44. The Bertz CT molecular complexity index is 1840. The molecule has 7 rings (SSSR count). The lowest BCUT2D eigenvalue weighted by atomic mass is 9.91. The van der Waals surface area contributed by atoms with Gasteiger partial charge in [0.25, 0.3) is 5.91 Å². The number of rotatable bonds is 7. The van der Waals surface area contributed by atoms with E-state index in [4.69, 9.17) is 25.6 Å². The molecule has 5 aromatic rings. The molecule has 5 aromatic heterocycles. The molecule has 1 saturated heterocycles. The normalized spacial score (nSPS) is 19.5. The summed E-state index contributed by atoms with van der Waals surface area (Å²) < 4.78 is 13.4. The summed E-state index contributed by atoms with van der Waals surface area (Å²) in [5.74, 6) is -0.152. The number of amides is 1. The van der Waals surface area contributed by atoms with E-state index in [-0.39, 0.29) is 29.5 Å². The second-order valence-electron chi connectivity index (χ2n) is 10.5. The van der Waals surface area contributed by atoms with E-state index in [9.17, 15) is 9.59 Å². The zero-order valence-electron chi connectivity index (χ0n) is 22.6. The molecule has 218 valence electrons. The molecule has 42 heavy (non-hydrogen) atoms. The van der Waals surface area contributed by atoms with Crippen molar-refractivity contribution in [2.45, 2.75) is 44.2 Å². The number of nitrogens with two attached hydrogens (primary N) is 2. The maximum Gasteiger partial charge on any atom is 0.254 e. The van der Waals surface area contributed by atoms with Crippen LogP contribution in [0.25, 0.3) is 25.5 Å². The van der Waals surface area contributed by atoms with E-state index in [1.165, 1.54) is 33.7 Å². The number of hydrogen-bond donors (Lipinski definition) is 3. The predicted octanol–water partition coefficient (Wildman–Crippen LogP) is 3.09. The first kappa shape index (κ1) is 27.3. The Balaban J connectivity index is 1.23. The average molecular weight is 624 g/mol. The number of nitrogens with zero attached hydrogens (tertiary/aromatic N) is 6. The smallest absolute Gasteiger partial charge is 0.254 e. The van der Waals surface area contributed by atoms with Crippen LogP contribution in [0.5, 0.6) is 0 Å². The lowest BCUT2D eigenvalue weighted by Gasteiger charge is -2.29. The number of anilines is 2. The molecule has 0 aromatic carbocycles. The SMILES string of the molecule is NC(=O)c1c(Cc2cc(-c3csc4c(=O)cc(N5CCOCC5)sc34)sn2)nc(N[C@H]2CCCC[C@H]2N)n2ncnc12. The van der Waals surface area contributed by atoms with Crippen molar-refractivity contribution >= 4 is 66.1 Å². The van der Waals surface area contributed by atoms with Crippen molar-refractivity contribution in [3.05, 3.63) is 51.0 Å². The monoisotopic (exact) mass is 623 g/mol. The number of nitrogens with one attached hydrogen (secondary N) is 1. The Hall–Kier alpha value is -3.50. The maximum absolute atomic E-state index is 13.0. The van der Waals surface area contributed by atoms with Gasteiger partial charge >= 0.3 is 0 Å². The van der Waals surface area contributed by atoms with Crippen LogP contribution in [0, 0.1) is 0 Å². The van der Waals surface area contributed by atoms with Crippen molar-refractivity contribution in [1.82, 2.24) is 24.0 Å². The van der Waals surface area contributed by atoms with Crippen LogP contribution in [0.2, 0.25) is 0 Å². The Morgan fingerprint density at radius 2 is 2.00 bits per heavy atom. The van der Waals surface area contributed by atoms with Crippen LogP contribution in [-0.4, -0.2) is 68.2 Å². The molecule has 5 N–H and O–H groups in total. The highest BCUT2D eigenvalue weighted by molar-refractivity contribution is 7.29. The number of carbonyl (C=O) groups is 1. The molecule has 0 unspecified atom stereocenters. The fourth-order valence-corrected chi connectivity index (χ4v) is 8.93. The molecule has 1 amide bonds. The third-order valence-electron chi connectivity index (χ3n) is 7.81. The van der Waals surface area contributed by atoms with E-state index >= 15 is 0 Å². The van der Waals surface area contributed by atoms with E-state index in [2.05, 4.69) is 20.3 Å². The summed E-state index contributed by atoms with van der Waals surface area (Å²) in [6, 6.07) is 3.77. The summed E-state index contributed by atoms with van der Waals surface area (Å²) in [6.07, 6.45) is 5.72. The quantitative estimate of drug-likeness (QED) is 0.245. The van der Waals surface area contributed by atoms with Gasteiger partial charge in [-0.15, -0.1) is 22.7 Å². The van der Waals surface area contributed by atoms with Crippen LogP contribution in [0.1, 0.15) is 47.4 Å². The molecule has 0 spiro atoms. The van der Waals surface area contributed by atoms with Gasteiger partial charge < -0.3 is 26.4 Å². The van der Waals surface area contributed by atoms with E-state index in [1.807, 2.05) is 11.4 Å². The average Bonchev–Trinajstić information content (AvgIpc) is 3.75. The molecule has 1 aliphatic carbocycles. The summed E-state index contributed by atoms with van der Waals surface area (Å²) in [7, 11) is 0. The van der Waals surface area contributed by atoms with Gasteiger partial charge in [0.05, 0.1) is 43.9 Å². The number of fused-ring (bicyclic) bond motifs is 2. The number of thiophene rings is 1. The van der Waals surface area contributed by atoms with Crippen LogP contribution in [0.3, 0.4) is 0 Å². The number of ether oxygens (including phenoxy) is 1. The molecule has 15 heteroatoms. The third kappa shape index (κ3) is 5.04. The van der Waals surface area contributed by atoms with Gasteiger partial charge in [-0.3, -0.25) is 9.59 Å². The highest BCUT2D eigenvalue weighted by Gasteiger charge is 2.26. The second-order valence-corrected chi connectivity index (χ2v) is 13.2. The van der Waals surface area contributed by atoms with Crippen LogP contribution >= 0.6 is 34.2 Å². The minimum atomic E-state index is -0.629. The molecular formula is C27H29N9O3S3. The van der Waals surface area contributed by atoms with Gasteiger partial charge in [-0.2, -0.15) is 14.0 Å². The Kier molecular flexibility index (Phi) is 7.35. The molecule has 1 saturated carbocycles. The van der Waals surface area contributed by atoms with Gasteiger partial charge in [0.2, 0.25) is 5.95 Å².